The molecule has 0 atom stereocenters. The van der Waals surface area contributed by atoms with Gasteiger partial charge in [-0.15, -0.1) is 24.8 Å². The summed E-state index contributed by atoms with van der Waals surface area (Å²) in [5.41, 5.74) is 5.77. The summed E-state index contributed by atoms with van der Waals surface area (Å²) in [5, 5.41) is 8.37. The molecule has 0 radical (unpaired) electrons. The van der Waals surface area contributed by atoms with Crippen molar-refractivity contribution in [1.29, 1.82) is 0 Å². The smallest absolute Gasteiger partial charge is 0.173 e. The van der Waals surface area contributed by atoms with Crippen molar-refractivity contribution in [2.75, 3.05) is 11.1 Å². The van der Waals surface area contributed by atoms with Crippen molar-refractivity contribution in [1.82, 2.24) is 4.90 Å². The number of nitrogens with one attached hydrogen (secondary N) is 1. The molecule has 5 rings (SSSR count). The van der Waals surface area contributed by atoms with Crippen LogP contribution < -0.4 is 5.32 Å². The minimum atomic E-state index is 0. The van der Waals surface area contributed by atoms with Crippen molar-refractivity contribution in [2.24, 2.45) is 9.98 Å². The lowest BCUT2D eigenvalue weighted by Gasteiger charge is -2.27. The zero-order chi connectivity index (χ0) is 18.4. The normalized spacial score (nSPS) is 16.1. The second-order valence-electron chi connectivity index (χ2n) is 6.32. The van der Waals surface area contributed by atoms with Crippen molar-refractivity contribution in [3.8, 4) is 0 Å². The Morgan fingerprint density at radius 1 is 1.17 bits per heavy atom. The predicted molar refractivity (Wildman–Crippen MR) is 136 cm³/mol. The second-order valence-corrected chi connectivity index (χ2v) is 9.47. The van der Waals surface area contributed by atoms with Crippen molar-refractivity contribution >= 4 is 97.6 Å². The molecule has 0 saturated heterocycles. The average molecular weight is 551 g/mol. The van der Waals surface area contributed by atoms with Gasteiger partial charge >= 0.3 is 0 Å². The molecule has 3 heterocycles. The van der Waals surface area contributed by atoms with Crippen LogP contribution in [0.1, 0.15) is 11.1 Å². The molecule has 3 aliphatic rings. The number of rotatable bonds is 2. The predicted octanol–water partition coefficient (Wildman–Crippen LogP) is 7.05. The summed E-state index contributed by atoms with van der Waals surface area (Å²) in [6.45, 7) is 1.52. The van der Waals surface area contributed by atoms with Gasteiger partial charge in [-0.25, -0.2) is 4.99 Å². The Morgan fingerprint density at radius 3 is 2.90 bits per heavy atom. The maximum atomic E-state index is 6.15. The van der Waals surface area contributed by atoms with Gasteiger partial charge in [-0.3, -0.25) is 4.99 Å². The van der Waals surface area contributed by atoms with E-state index in [1.807, 2.05) is 18.2 Å². The number of nitrogens with zero attached hydrogens (tertiary/aromatic N) is 3. The number of thioether (sulfide) groups is 2. The molecule has 2 aromatic rings. The molecule has 0 unspecified atom stereocenters. The van der Waals surface area contributed by atoms with Crippen LogP contribution in [0.2, 0.25) is 5.02 Å². The Kier molecular flexibility index (Phi) is 7.51. The van der Waals surface area contributed by atoms with Crippen LogP contribution in [0.5, 0.6) is 0 Å². The lowest BCUT2D eigenvalue weighted by Crippen LogP contribution is -2.28. The van der Waals surface area contributed by atoms with Crippen LogP contribution in [-0.2, 0) is 13.1 Å². The van der Waals surface area contributed by atoms with Crippen LogP contribution >= 0.6 is 75.9 Å². The van der Waals surface area contributed by atoms with Crippen molar-refractivity contribution < 1.29 is 0 Å². The summed E-state index contributed by atoms with van der Waals surface area (Å²) < 4.78 is 1.08. The molecular weight excluding hydrogens is 535 g/mol. The standard InChI is InChI=1S/C19H14BrClN4S2.2ClH/c20-13-1-3-16-11(5-13)7-22-18(23-16)26-9-15-10-27-19-24-17-4-2-14(21)6-12(17)8-25(15)19;;/h1-6,10H,7-9H2,(H,22,23);2*1H. The zero-order valence-electron chi connectivity index (χ0n) is 14.9. The summed E-state index contributed by atoms with van der Waals surface area (Å²) in [6.07, 6.45) is 0. The lowest BCUT2D eigenvalue weighted by atomic mass is 10.1. The molecule has 3 aliphatic heterocycles. The average Bonchev–Trinajstić information content (AvgIpc) is 3.06. The highest BCUT2D eigenvalue weighted by Crippen LogP contribution is 2.39. The highest BCUT2D eigenvalue weighted by molar-refractivity contribution is 9.10. The molecule has 0 aliphatic carbocycles. The number of hydrogen-bond donors (Lipinski definition) is 1. The van der Waals surface area contributed by atoms with Gasteiger partial charge in [0.2, 0.25) is 0 Å². The SMILES string of the molecule is Cl.Cl.Clc1ccc2c(c1)CN1C(CSC3=NCc4cc(Br)ccc4N3)=CSC1=N2. The van der Waals surface area contributed by atoms with Crippen LogP contribution in [0.3, 0.4) is 0 Å². The van der Waals surface area contributed by atoms with E-state index in [0.717, 1.165) is 49.1 Å². The quantitative estimate of drug-likeness (QED) is 0.435. The fraction of sp³-hybridized carbons (Fsp3) is 0.158. The summed E-state index contributed by atoms with van der Waals surface area (Å²) in [7, 11) is 0. The third-order valence-corrected chi connectivity index (χ3v) is 7.11. The maximum absolute atomic E-state index is 6.15. The first-order valence-corrected chi connectivity index (χ1v) is 11.4. The van der Waals surface area contributed by atoms with E-state index in [2.05, 4.69) is 54.7 Å². The molecule has 0 amide bonds. The molecule has 2 aromatic carbocycles. The molecule has 4 nitrogen and oxygen atoms in total. The van der Waals surface area contributed by atoms with E-state index in [1.54, 1.807) is 23.5 Å². The Balaban J connectivity index is 0.00000120. The Morgan fingerprint density at radius 2 is 2.03 bits per heavy atom. The first-order valence-electron chi connectivity index (χ1n) is 8.39. The molecule has 152 valence electrons. The van der Waals surface area contributed by atoms with Crippen LogP contribution in [-0.4, -0.2) is 21.0 Å². The van der Waals surface area contributed by atoms with E-state index < -0.39 is 0 Å². The van der Waals surface area contributed by atoms with E-state index in [1.165, 1.54) is 11.3 Å². The third kappa shape index (κ3) is 4.75. The van der Waals surface area contributed by atoms with Crippen LogP contribution in [0.25, 0.3) is 0 Å². The fourth-order valence-electron chi connectivity index (χ4n) is 3.15. The van der Waals surface area contributed by atoms with Gasteiger partial charge in [0.15, 0.2) is 10.3 Å². The number of amidine groups is 2. The third-order valence-electron chi connectivity index (χ3n) is 4.52. The highest BCUT2D eigenvalue weighted by Gasteiger charge is 2.28. The fourth-order valence-corrected chi connectivity index (χ4v) is 5.64. The van der Waals surface area contributed by atoms with E-state index in [0.29, 0.717) is 6.54 Å². The number of anilines is 1. The number of benzene rings is 2. The van der Waals surface area contributed by atoms with E-state index in [4.69, 9.17) is 16.6 Å². The summed E-state index contributed by atoms with van der Waals surface area (Å²) in [4.78, 5) is 11.7. The minimum absolute atomic E-state index is 0. The maximum Gasteiger partial charge on any atom is 0.173 e. The van der Waals surface area contributed by atoms with Crippen molar-refractivity contribution in [3.63, 3.8) is 0 Å². The minimum Gasteiger partial charge on any atom is -0.335 e. The molecular formula is C19H16BrCl3N4S2. The van der Waals surface area contributed by atoms with Crippen LogP contribution in [0.4, 0.5) is 11.4 Å². The molecule has 0 fully saturated rings. The molecule has 0 spiro atoms. The second kappa shape index (κ2) is 9.54. The first kappa shape index (κ1) is 22.8. The van der Waals surface area contributed by atoms with Gasteiger partial charge in [0.05, 0.1) is 18.8 Å². The molecule has 29 heavy (non-hydrogen) atoms. The van der Waals surface area contributed by atoms with Gasteiger partial charge in [-0.2, -0.15) is 0 Å². The van der Waals surface area contributed by atoms with E-state index in [9.17, 15) is 0 Å². The van der Waals surface area contributed by atoms with Gasteiger partial charge in [0.25, 0.3) is 0 Å². The monoisotopic (exact) mass is 548 g/mol. The largest absolute Gasteiger partial charge is 0.335 e. The summed E-state index contributed by atoms with van der Waals surface area (Å²) in [5.74, 6) is 0.847. The van der Waals surface area contributed by atoms with Crippen molar-refractivity contribution in [3.05, 3.63) is 68.1 Å². The highest BCUT2D eigenvalue weighted by atomic mass is 79.9. The zero-order valence-corrected chi connectivity index (χ0v) is 20.5. The van der Waals surface area contributed by atoms with Gasteiger partial charge in [-0.1, -0.05) is 51.1 Å². The van der Waals surface area contributed by atoms with E-state index >= 15 is 0 Å². The van der Waals surface area contributed by atoms with Crippen molar-refractivity contribution in [2.45, 2.75) is 13.1 Å². The van der Waals surface area contributed by atoms with Crippen LogP contribution in [0.15, 0.2) is 62.0 Å². The number of halogens is 4. The lowest BCUT2D eigenvalue weighted by molar-refractivity contribution is 0.519. The van der Waals surface area contributed by atoms with Crippen LogP contribution in [0, 0.1) is 0 Å². The Bertz CT molecular complexity index is 1040. The molecule has 1 N–H and O–H groups in total. The molecule has 10 heteroatoms. The van der Waals surface area contributed by atoms with Gasteiger partial charge < -0.3 is 10.2 Å². The topological polar surface area (TPSA) is 40.0 Å². The number of hydrogen-bond acceptors (Lipinski definition) is 6. The summed E-state index contributed by atoms with van der Waals surface area (Å²) >= 11 is 13.1. The van der Waals surface area contributed by atoms with Gasteiger partial charge in [-0.05, 0) is 52.9 Å². The Labute approximate surface area is 203 Å². The number of aliphatic imine (C=N–C) groups is 2. The summed E-state index contributed by atoms with van der Waals surface area (Å²) in [6, 6.07) is 12.2. The molecule has 0 aromatic heterocycles. The van der Waals surface area contributed by atoms with E-state index in [-0.39, 0.29) is 24.8 Å². The molecule has 0 saturated carbocycles. The number of fused-ring (bicyclic) bond motifs is 3. The van der Waals surface area contributed by atoms with Gasteiger partial charge in [0, 0.05) is 26.6 Å². The first-order chi connectivity index (χ1) is 13.2. The Hall–Kier alpha value is -0.830. The van der Waals surface area contributed by atoms with Gasteiger partial charge in [0.1, 0.15) is 0 Å². The molecule has 0 bridgehead atoms.